The lowest BCUT2D eigenvalue weighted by Crippen LogP contribution is -2.35. The summed E-state index contributed by atoms with van der Waals surface area (Å²) in [6, 6.07) is 13.3. The second kappa shape index (κ2) is 7.69. The second-order valence-corrected chi connectivity index (χ2v) is 6.96. The molecule has 1 aliphatic carbocycles. The summed E-state index contributed by atoms with van der Waals surface area (Å²) >= 11 is 0. The molecule has 1 heterocycles. The molecule has 3 rings (SSSR count). The summed E-state index contributed by atoms with van der Waals surface area (Å²) in [5.41, 5.74) is 2.52. The third-order valence-corrected chi connectivity index (χ3v) is 5.36. The minimum atomic E-state index is 0.0746. The molecule has 1 aliphatic rings. The maximum atomic E-state index is 12.6. The molecular weight excluding hydrogens is 296 g/mol. The fourth-order valence-corrected chi connectivity index (χ4v) is 3.68. The van der Waals surface area contributed by atoms with Crippen LogP contribution in [0.3, 0.4) is 0 Å². The maximum absolute atomic E-state index is 12.6. The van der Waals surface area contributed by atoms with Crippen LogP contribution in [0.25, 0.3) is 0 Å². The Morgan fingerprint density at radius 2 is 1.75 bits per heavy atom. The molecule has 3 nitrogen and oxygen atoms in total. The highest BCUT2D eigenvalue weighted by atomic mass is 16.1. The van der Waals surface area contributed by atoms with Gasteiger partial charge in [-0.1, -0.05) is 31.2 Å². The molecule has 1 saturated carbocycles. The minimum Gasteiger partial charge on any atom is -0.351 e. The van der Waals surface area contributed by atoms with Crippen molar-refractivity contribution < 1.29 is 4.79 Å². The molecule has 0 saturated heterocycles. The van der Waals surface area contributed by atoms with Crippen molar-refractivity contribution in [2.45, 2.75) is 58.0 Å². The van der Waals surface area contributed by atoms with Crippen LogP contribution in [-0.2, 0) is 11.2 Å². The highest BCUT2D eigenvalue weighted by Gasteiger charge is 2.27. The highest BCUT2D eigenvalue weighted by Crippen LogP contribution is 2.32. The number of nitrogens with zero attached hydrogens (tertiary/aromatic N) is 1. The molecule has 0 aliphatic heterocycles. The normalized spacial score (nSPS) is 22.1. The van der Waals surface area contributed by atoms with Crippen molar-refractivity contribution in [3.63, 3.8) is 0 Å². The van der Waals surface area contributed by atoms with Crippen molar-refractivity contribution in [1.82, 2.24) is 9.88 Å². The summed E-state index contributed by atoms with van der Waals surface area (Å²) in [4.78, 5) is 12.6. The first-order valence-electron chi connectivity index (χ1n) is 9.19. The molecule has 1 unspecified atom stereocenters. The molecule has 0 bridgehead atoms. The van der Waals surface area contributed by atoms with Gasteiger partial charge in [0, 0.05) is 24.4 Å². The van der Waals surface area contributed by atoms with Gasteiger partial charge in [0.15, 0.2) is 0 Å². The minimum absolute atomic E-state index is 0.0746. The monoisotopic (exact) mass is 324 g/mol. The van der Waals surface area contributed by atoms with Gasteiger partial charge >= 0.3 is 0 Å². The van der Waals surface area contributed by atoms with Crippen LogP contribution < -0.4 is 5.32 Å². The third kappa shape index (κ3) is 3.89. The second-order valence-electron chi connectivity index (χ2n) is 6.96. The first-order valence-corrected chi connectivity index (χ1v) is 9.19. The Morgan fingerprint density at radius 3 is 2.33 bits per heavy atom. The number of rotatable bonds is 5. The molecular formula is C21H28N2O. The van der Waals surface area contributed by atoms with Crippen molar-refractivity contribution in [2.75, 3.05) is 0 Å². The van der Waals surface area contributed by atoms with Gasteiger partial charge in [0.25, 0.3) is 0 Å². The van der Waals surface area contributed by atoms with Gasteiger partial charge in [-0.15, -0.1) is 0 Å². The van der Waals surface area contributed by atoms with Crippen LogP contribution in [0, 0.1) is 5.92 Å². The average molecular weight is 324 g/mol. The lowest BCUT2D eigenvalue weighted by atomic mass is 9.85. The van der Waals surface area contributed by atoms with Gasteiger partial charge < -0.3 is 9.88 Å². The number of aromatic nitrogens is 1. The predicted octanol–water partition coefficient (Wildman–Crippen LogP) is 4.66. The predicted molar refractivity (Wildman–Crippen MR) is 97.8 cm³/mol. The topological polar surface area (TPSA) is 34.0 Å². The number of benzene rings is 1. The van der Waals surface area contributed by atoms with Crippen molar-refractivity contribution in [3.8, 4) is 0 Å². The summed E-state index contributed by atoms with van der Waals surface area (Å²) < 4.78 is 2.28. The molecule has 1 aromatic carbocycles. The third-order valence-electron chi connectivity index (χ3n) is 5.36. The van der Waals surface area contributed by atoms with Gasteiger partial charge in [-0.2, -0.15) is 0 Å². The Morgan fingerprint density at radius 1 is 1.12 bits per heavy atom. The van der Waals surface area contributed by atoms with E-state index in [2.05, 4.69) is 72.5 Å². The van der Waals surface area contributed by atoms with Crippen LogP contribution in [-0.4, -0.2) is 10.5 Å². The highest BCUT2D eigenvalue weighted by molar-refractivity contribution is 5.79. The summed E-state index contributed by atoms with van der Waals surface area (Å²) in [7, 11) is 0. The molecule has 1 aromatic heterocycles. The first kappa shape index (κ1) is 16.8. The fourth-order valence-electron chi connectivity index (χ4n) is 3.68. The molecule has 24 heavy (non-hydrogen) atoms. The number of hydrogen-bond acceptors (Lipinski definition) is 1. The number of hydrogen-bond donors (Lipinski definition) is 1. The molecule has 3 heteroatoms. The van der Waals surface area contributed by atoms with Gasteiger partial charge in [-0.25, -0.2) is 0 Å². The van der Waals surface area contributed by atoms with Crippen LogP contribution in [0.4, 0.5) is 0 Å². The van der Waals surface area contributed by atoms with Crippen molar-refractivity contribution in [1.29, 1.82) is 0 Å². The lowest BCUT2D eigenvalue weighted by molar-refractivity contribution is -0.126. The van der Waals surface area contributed by atoms with Crippen LogP contribution in [0.5, 0.6) is 0 Å². The molecule has 2 aromatic rings. The molecule has 0 spiro atoms. The van der Waals surface area contributed by atoms with Crippen molar-refractivity contribution >= 4 is 5.91 Å². The summed E-state index contributed by atoms with van der Waals surface area (Å²) in [6.45, 7) is 4.23. The summed E-state index contributed by atoms with van der Waals surface area (Å²) in [5, 5.41) is 3.21. The standard InChI is InChI=1S/C21H28N2O/c1-3-17-6-8-18(9-7-17)16(2)22-21(24)19-10-12-20(13-11-19)23-14-4-5-15-23/h4-9,14-16,19-20H,3,10-13H2,1-2H3,(H,22,24). The SMILES string of the molecule is CCc1ccc(C(C)NC(=O)C2CCC(n3cccc3)CC2)cc1. The van der Waals surface area contributed by atoms with E-state index < -0.39 is 0 Å². The Labute approximate surface area is 145 Å². The van der Waals surface area contributed by atoms with Crippen molar-refractivity contribution in [3.05, 3.63) is 59.9 Å². The number of carbonyl (C=O) groups is 1. The molecule has 1 amide bonds. The van der Waals surface area contributed by atoms with E-state index >= 15 is 0 Å². The van der Waals surface area contributed by atoms with Crippen molar-refractivity contribution in [2.24, 2.45) is 5.92 Å². The Balaban J connectivity index is 1.51. The quantitative estimate of drug-likeness (QED) is 0.853. The van der Waals surface area contributed by atoms with Gasteiger partial charge in [0.1, 0.15) is 0 Å². The smallest absolute Gasteiger partial charge is 0.223 e. The van der Waals surface area contributed by atoms with E-state index in [1.165, 1.54) is 11.1 Å². The van der Waals surface area contributed by atoms with E-state index in [0.29, 0.717) is 6.04 Å². The average Bonchev–Trinajstić information content (AvgIpc) is 3.16. The summed E-state index contributed by atoms with van der Waals surface area (Å²) in [5.74, 6) is 0.377. The molecule has 1 atom stereocenters. The zero-order chi connectivity index (χ0) is 16.9. The fraction of sp³-hybridized carbons (Fsp3) is 0.476. The van der Waals surface area contributed by atoms with Crippen LogP contribution in [0.2, 0.25) is 0 Å². The number of nitrogens with one attached hydrogen (secondary N) is 1. The number of amides is 1. The largest absolute Gasteiger partial charge is 0.351 e. The van der Waals surface area contributed by atoms with E-state index in [0.717, 1.165) is 32.1 Å². The molecule has 128 valence electrons. The van der Waals surface area contributed by atoms with E-state index in [1.807, 2.05) is 0 Å². The van der Waals surface area contributed by atoms with Crippen LogP contribution in [0.15, 0.2) is 48.8 Å². The van der Waals surface area contributed by atoms with Crippen LogP contribution >= 0.6 is 0 Å². The zero-order valence-electron chi connectivity index (χ0n) is 14.7. The van der Waals surface area contributed by atoms with E-state index in [4.69, 9.17) is 0 Å². The Hall–Kier alpha value is -2.03. The van der Waals surface area contributed by atoms with E-state index in [9.17, 15) is 4.79 Å². The Bertz CT molecular complexity index is 637. The number of aryl methyl sites for hydroxylation is 1. The lowest BCUT2D eigenvalue weighted by Gasteiger charge is -2.29. The summed E-state index contributed by atoms with van der Waals surface area (Å²) in [6.07, 6.45) is 9.46. The molecule has 0 radical (unpaired) electrons. The maximum Gasteiger partial charge on any atom is 0.223 e. The van der Waals surface area contributed by atoms with Gasteiger partial charge in [-0.3, -0.25) is 4.79 Å². The first-order chi connectivity index (χ1) is 11.7. The molecule has 1 N–H and O–H groups in total. The Kier molecular flexibility index (Phi) is 5.39. The van der Waals surface area contributed by atoms with Gasteiger partial charge in [0.05, 0.1) is 6.04 Å². The van der Waals surface area contributed by atoms with Gasteiger partial charge in [-0.05, 0) is 62.3 Å². The van der Waals surface area contributed by atoms with Crippen LogP contribution in [0.1, 0.15) is 62.7 Å². The van der Waals surface area contributed by atoms with E-state index in [1.54, 1.807) is 0 Å². The van der Waals surface area contributed by atoms with E-state index in [-0.39, 0.29) is 17.9 Å². The van der Waals surface area contributed by atoms with Gasteiger partial charge in [0.2, 0.25) is 5.91 Å². The number of carbonyl (C=O) groups excluding carboxylic acids is 1. The zero-order valence-corrected chi connectivity index (χ0v) is 14.7. The molecule has 1 fully saturated rings.